The van der Waals surface area contributed by atoms with Gasteiger partial charge >= 0.3 is 6.98 Å². The van der Waals surface area contributed by atoms with Crippen LogP contribution in [0.1, 0.15) is 0 Å². The highest BCUT2D eigenvalue weighted by atomic mass is 19.4. The van der Waals surface area contributed by atoms with Crippen LogP contribution in [0.15, 0.2) is 24.3 Å². The van der Waals surface area contributed by atoms with Gasteiger partial charge in [-0.2, -0.15) is 0 Å². The summed E-state index contributed by atoms with van der Waals surface area (Å²) < 4.78 is 47.2. The topological polar surface area (TPSA) is 18.5 Å². The number of benzene rings is 1. The second kappa shape index (κ2) is 5.07. The van der Waals surface area contributed by atoms with Crippen LogP contribution in [0.4, 0.5) is 12.9 Å². The fourth-order valence-electron chi connectivity index (χ4n) is 1.12. The predicted octanol–water partition coefficient (Wildman–Crippen LogP) is 1.77. The number of hydrogen-bond donors (Lipinski definition) is 0. The van der Waals surface area contributed by atoms with Gasteiger partial charge in [0.2, 0.25) is 0 Å². The highest BCUT2D eigenvalue weighted by molar-refractivity contribution is 6.74. The van der Waals surface area contributed by atoms with Crippen molar-refractivity contribution >= 4 is 12.4 Å². The van der Waals surface area contributed by atoms with Gasteiger partial charge in [0.25, 0.3) is 0 Å². The zero-order valence-corrected chi connectivity index (χ0v) is 8.25. The molecule has 0 bridgehead atoms. The summed E-state index contributed by atoms with van der Waals surface area (Å²) >= 11 is 0. The monoisotopic (exact) mass is 219 g/mol. The molecular formula is C9H11BF3O2-. The van der Waals surface area contributed by atoms with Crippen LogP contribution in [-0.2, 0) is 4.74 Å². The molecule has 0 fully saturated rings. The van der Waals surface area contributed by atoms with E-state index in [0.717, 1.165) is 6.07 Å². The number of methoxy groups -OCH3 is 1. The molecule has 0 N–H and O–H groups in total. The molecule has 0 radical (unpaired) electrons. The highest BCUT2D eigenvalue weighted by Crippen LogP contribution is 2.17. The van der Waals surface area contributed by atoms with Crippen molar-refractivity contribution in [2.45, 2.75) is 0 Å². The van der Waals surface area contributed by atoms with E-state index < -0.39 is 12.4 Å². The third-order valence-electron chi connectivity index (χ3n) is 1.82. The second-order valence-corrected chi connectivity index (χ2v) is 2.95. The van der Waals surface area contributed by atoms with Crippen LogP contribution in [0.3, 0.4) is 0 Å². The van der Waals surface area contributed by atoms with Crippen LogP contribution in [0.5, 0.6) is 5.75 Å². The lowest BCUT2D eigenvalue weighted by Crippen LogP contribution is -2.35. The second-order valence-electron chi connectivity index (χ2n) is 2.95. The zero-order valence-electron chi connectivity index (χ0n) is 8.25. The van der Waals surface area contributed by atoms with E-state index in [2.05, 4.69) is 4.74 Å². The number of hydrogen-bond acceptors (Lipinski definition) is 2. The van der Waals surface area contributed by atoms with E-state index in [9.17, 15) is 12.9 Å². The van der Waals surface area contributed by atoms with Gasteiger partial charge in [0, 0.05) is 7.11 Å². The van der Waals surface area contributed by atoms with Crippen molar-refractivity contribution in [3.05, 3.63) is 24.3 Å². The molecule has 0 aromatic heterocycles. The van der Waals surface area contributed by atoms with Crippen molar-refractivity contribution in [2.24, 2.45) is 0 Å². The van der Waals surface area contributed by atoms with E-state index in [-0.39, 0.29) is 19.0 Å². The molecule has 1 aromatic carbocycles. The Labute approximate surface area is 86.1 Å². The van der Waals surface area contributed by atoms with Gasteiger partial charge in [-0.15, -0.1) is 0 Å². The lowest BCUT2D eigenvalue weighted by atomic mass is 9.79. The summed E-state index contributed by atoms with van der Waals surface area (Å²) in [5.41, 5.74) is -0.700. The van der Waals surface area contributed by atoms with Crippen molar-refractivity contribution in [1.82, 2.24) is 0 Å². The van der Waals surface area contributed by atoms with Gasteiger partial charge in [-0.1, -0.05) is 23.7 Å². The molecule has 0 aliphatic heterocycles. The summed E-state index contributed by atoms with van der Waals surface area (Å²) in [6.07, 6.45) is 0. The first-order valence-electron chi connectivity index (χ1n) is 4.46. The summed E-state index contributed by atoms with van der Waals surface area (Å²) in [7, 11) is 1.46. The van der Waals surface area contributed by atoms with E-state index in [4.69, 9.17) is 4.74 Å². The molecule has 0 aliphatic carbocycles. The first-order valence-corrected chi connectivity index (χ1v) is 4.46. The van der Waals surface area contributed by atoms with Gasteiger partial charge < -0.3 is 22.4 Å². The zero-order chi connectivity index (χ0) is 11.3. The van der Waals surface area contributed by atoms with E-state index in [1.807, 2.05) is 0 Å². The molecule has 0 atom stereocenters. The maximum atomic E-state index is 12.5. The van der Waals surface area contributed by atoms with Gasteiger partial charge in [0.1, 0.15) is 6.61 Å². The Morgan fingerprint density at radius 2 is 1.80 bits per heavy atom. The maximum Gasteiger partial charge on any atom is 0.513 e. The molecule has 1 rings (SSSR count). The Kier molecular flexibility index (Phi) is 4.02. The van der Waals surface area contributed by atoms with Crippen LogP contribution >= 0.6 is 0 Å². The molecule has 1 aromatic rings. The summed E-state index contributed by atoms with van der Waals surface area (Å²) in [4.78, 5) is 0. The molecule has 84 valence electrons. The summed E-state index contributed by atoms with van der Waals surface area (Å²) in [5.74, 6) is -0.137. The number of ether oxygens (including phenoxy) is 2. The van der Waals surface area contributed by atoms with Crippen molar-refractivity contribution in [1.29, 1.82) is 0 Å². The Balaban J connectivity index is 2.78. The molecule has 0 saturated heterocycles. The minimum absolute atomic E-state index is 0.111. The fraction of sp³-hybridized carbons (Fsp3) is 0.333. The SMILES string of the molecule is COCCOc1ccccc1[B-](F)(F)F. The van der Waals surface area contributed by atoms with Gasteiger partial charge in [-0.3, -0.25) is 0 Å². The Bertz CT molecular complexity index is 314. The van der Waals surface area contributed by atoms with E-state index in [1.165, 1.54) is 25.3 Å². The molecule has 0 unspecified atom stereocenters. The Morgan fingerprint density at radius 1 is 1.13 bits per heavy atom. The quantitative estimate of drug-likeness (QED) is 0.554. The van der Waals surface area contributed by atoms with Gasteiger partial charge in [-0.05, 0) is 6.07 Å². The van der Waals surface area contributed by atoms with Crippen molar-refractivity contribution in [3.63, 3.8) is 0 Å². The van der Waals surface area contributed by atoms with Crippen molar-refractivity contribution in [2.75, 3.05) is 20.3 Å². The molecular weight excluding hydrogens is 208 g/mol. The Morgan fingerprint density at radius 3 is 2.40 bits per heavy atom. The fourth-order valence-corrected chi connectivity index (χ4v) is 1.12. The van der Waals surface area contributed by atoms with Gasteiger partial charge in [0.15, 0.2) is 0 Å². The minimum Gasteiger partial charge on any atom is -0.494 e. The molecule has 0 saturated carbocycles. The normalized spacial score (nSPS) is 11.5. The van der Waals surface area contributed by atoms with Crippen molar-refractivity contribution < 1.29 is 22.4 Å². The van der Waals surface area contributed by atoms with Gasteiger partial charge in [0.05, 0.1) is 12.4 Å². The third-order valence-corrected chi connectivity index (χ3v) is 1.82. The summed E-state index contributed by atoms with van der Waals surface area (Å²) in [6, 6.07) is 5.17. The average Bonchev–Trinajstić information content (AvgIpc) is 2.17. The Hall–Kier alpha value is -1.17. The lowest BCUT2D eigenvalue weighted by Gasteiger charge is -2.19. The number of rotatable bonds is 5. The molecule has 0 spiro atoms. The number of halogens is 3. The largest absolute Gasteiger partial charge is 0.513 e. The summed E-state index contributed by atoms with van der Waals surface area (Å²) in [6.45, 7) is -4.65. The molecule has 15 heavy (non-hydrogen) atoms. The lowest BCUT2D eigenvalue weighted by molar-refractivity contribution is 0.146. The molecule has 0 amide bonds. The molecule has 6 heteroatoms. The predicted molar refractivity (Wildman–Crippen MR) is 52.5 cm³/mol. The first kappa shape index (κ1) is 11.9. The first-order chi connectivity index (χ1) is 7.05. The third kappa shape index (κ3) is 3.47. The van der Waals surface area contributed by atoms with Crippen LogP contribution in [-0.4, -0.2) is 27.3 Å². The van der Waals surface area contributed by atoms with Crippen LogP contribution in [0, 0.1) is 0 Å². The standard InChI is InChI=1S/C9H11BF3O2/c1-14-6-7-15-9-5-3-2-4-8(9)10(11,12)13/h2-5H,6-7H2,1H3/q-1. The van der Waals surface area contributed by atoms with Crippen molar-refractivity contribution in [3.8, 4) is 5.75 Å². The maximum absolute atomic E-state index is 12.5. The summed E-state index contributed by atoms with van der Waals surface area (Å²) in [5, 5.41) is 0. The average molecular weight is 219 g/mol. The van der Waals surface area contributed by atoms with Crippen LogP contribution in [0.25, 0.3) is 0 Å². The molecule has 0 aliphatic rings. The van der Waals surface area contributed by atoms with E-state index in [1.54, 1.807) is 0 Å². The highest BCUT2D eigenvalue weighted by Gasteiger charge is 2.28. The van der Waals surface area contributed by atoms with Gasteiger partial charge in [-0.25, -0.2) is 0 Å². The van der Waals surface area contributed by atoms with Crippen LogP contribution < -0.4 is 10.2 Å². The van der Waals surface area contributed by atoms with E-state index >= 15 is 0 Å². The van der Waals surface area contributed by atoms with Crippen LogP contribution in [0.2, 0.25) is 0 Å². The molecule has 0 heterocycles. The number of para-hydroxylation sites is 1. The smallest absolute Gasteiger partial charge is 0.494 e. The van der Waals surface area contributed by atoms with E-state index in [0.29, 0.717) is 0 Å². The molecule has 2 nitrogen and oxygen atoms in total. The minimum atomic E-state index is -5.02.